The lowest BCUT2D eigenvalue weighted by molar-refractivity contribution is -0.171. The minimum absolute atomic E-state index is 0.145. The number of esters is 2. The highest BCUT2D eigenvalue weighted by molar-refractivity contribution is 6.08. The molecule has 0 aliphatic heterocycles. The molecule has 0 radical (unpaired) electrons. The Kier molecular flexibility index (Phi) is 5.98. The lowest BCUT2D eigenvalue weighted by Crippen LogP contribution is -2.65. The number of carbonyl (C=O) groups is 3. The molecular weight excluding hydrogens is 262 g/mol. The van der Waals surface area contributed by atoms with E-state index in [4.69, 9.17) is 9.47 Å². The molecule has 0 heterocycles. The van der Waals surface area contributed by atoms with E-state index in [0.29, 0.717) is 12.8 Å². The lowest BCUT2D eigenvalue weighted by atomic mass is 9.82. The van der Waals surface area contributed by atoms with Gasteiger partial charge in [-0.1, -0.05) is 12.8 Å². The molecule has 0 saturated heterocycles. The van der Waals surface area contributed by atoms with Crippen molar-refractivity contribution in [2.75, 3.05) is 13.2 Å². The Morgan fingerprint density at radius 3 is 1.85 bits per heavy atom. The molecule has 6 nitrogen and oxygen atoms in total. The number of ether oxygens (including phenoxy) is 2. The third kappa shape index (κ3) is 3.29. The zero-order valence-electron chi connectivity index (χ0n) is 12.4. The Morgan fingerprint density at radius 2 is 1.50 bits per heavy atom. The van der Waals surface area contributed by atoms with E-state index in [1.807, 2.05) is 0 Å². The van der Waals surface area contributed by atoms with Gasteiger partial charge in [0.2, 0.25) is 11.4 Å². The molecule has 0 spiro atoms. The molecule has 6 heteroatoms. The van der Waals surface area contributed by atoms with Gasteiger partial charge in [-0.25, -0.2) is 9.59 Å². The van der Waals surface area contributed by atoms with Crippen molar-refractivity contribution in [3.8, 4) is 0 Å². The van der Waals surface area contributed by atoms with Crippen LogP contribution >= 0.6 is 0 Å². The van der Waals surface area contributed by atoms with Gasteiger partial charge in [-0.15, -0.1) is 0 Å². The van der Waals surface area contributed by atoms with Crippen LogP contribution in [0.4, 0.5) is 0 Å². The fraction of sp³-hybridized carbons (Fsp3) is 0.786. The van der Waals surface area contributed by atoms with Crippen molar-refractivity contribution in [3.63, 3.8) is 0 Å². The number of amides is 1. The smallest absolute Gasteiger partial charge is 0.343 e. The Balaban J connectivity index is 3.18. The van der Waals surface area contributed by atoms with Gasteiger partial charge >= 0.3 is 11.9 Å². The topological polar surface area (TPSA) is 81.7 Å². The summed E-state index contributed by atoms with van der Waals surface area (Å²) < 4.78 is 10.1. The van der Waals surface area contributed by atoms with Crippen molar-refractivity contribution >= 4 is 17.8 Å². The van der Waals surface area contributed by atoms with Crippen molar-refractivity contribution in [3.05, 3.63) is 0 Å². The first-order chi connectivity index (χ1) is 9.48. The van der Waals surface area contributed by atoms with Crippen LogP contribution in [0.1, 0.15) is 46.5 Å². The van der Waals surface area contributed by atoms with Gasteiger partial charge in [0.1, 0.15) is 0 Å². The van der Waals surface area contributed by atoms with Crippen LogP contribution in [-0.4, -0.2) is 36.6 Å². The molecule has 0 bridgehead atoms. The van der Waals surface area contributed by atoms with Gasteiger partial charge in [0.25, 0.3) is 0 Å². The summed E-state index contributed by atoms with van der Waals surface area (Å²) in [6.45, 7) is 4.90. The average Bonchev–Trinajstić information content (AvgIpc) is 2.90. The average molecular weight is 285 g/mol. The second kappa shape index (κ2) is 7.26. The van der Waals surface area contributed by atoms with Gasteiger partial charge in [0.05, 0.1) is 13.2 Å². The Bertz CT molecular complexity index is 356. The quantitative estimate of drug-likeness (QED) is 0.585. The summed E-state index contributed by atoms with van der Waals surface area (Å²) in [7, 11) is 0. The highest BCUT2D eigenvalue weighted by Gasteiger charge is 2.56. The fourth-order valence-electron chi connectivity index (χ4n) is 2.75. The number of hydrogen-bond acceptors (Lipinski definition) is 5. The highest BCUT2D eigenvalue weighted by atomic mass is 16.6. The van der Waals surface area contributed by atoms with Crippen LogP contribution in [0, 0.1) is 5.92 Å². The van der Waals surface area contributed by atoms with Crippen molar-refractivity contribution < 1.29 is 23.9 Å². The molecule has 1 fully saturated rings. The highest BCUT2D eigenvalue weighted by Crippen LogP contribution is 2.36. The fourth-order valence-corrected chi connectivity index (χ4v) is 2.75. The SMILES string of the molecule is CCOC(=O)C(NC(C)=O)(C(=O)OCC)C1CCCC1. The number of hydrogen-bond donors (Lipinski definition) is 1. The van der Waals surface area contributed by atoms with Crippen molar-refractivity contribution in [2.45, 2.75) is 52.0 Å². The monoisotopic (exact) mass is 285 g/mol. The molecule has 0 unspecified atom stereocenters. The molecule has 0 atom stereocenters. The lowest BCUT2D eigenvalue weighted by Gasteiger charge is -2.34. The van der Waals surface area contributed by atoms with Crippen LogP contribution in [0.2, 0.25) is 0 Å². The minimum Gasteiger partial charge on any atom is -0.464 e. The number of rotatable bonds is 6. The van der Waals surface area contributed by atoms with Crippen LogP contribution < -0.4 is 5.32 Å². The van der Waals surface area contributed by atoms with E-state index in [9.17, 15) is 14.4 Å². The molecule has 0 aromatic rings. The molecule has 1 rings (SSSR count). The largest absolute Gasteiger partial charge is 0.464 e. The predicted octanol–water partition coefficient (Wildman–Crippen LogP) is 1.18. The molecule has 1 amide bonds. The molecule has 1 N–H and O–H groups in total. The normalized spacial score (nSPS) is 15.8. The van der Waals surface area contributed by atoms with E-state index < -0.39 is 23.4 Å². The minimum atomic E-state index is -1.70. The van der Waals surface area contributed by atoms with E-state index in [1.54, 1.807) is 13.8 Å². The summed E-state index contributed by atoms with van der Waals surface area (Å²) in [5.41, 5.74) is -1.70. The molecule has 1 aliphatic rings. The van der Waals surface area contributed by atoms with Crippen molar-refractivity contribution in [1.29, 1.82) is 0 Å². The molecular formula is C14H23NO5. The van der Waals surface area contributed by atoms with E-state index in [0.717, 1.165) is 12.8 Å². The third-order valence-electron chi connectivity index (χ3n) is 3.54. The number of nitrogens with one attached hydrogen (secondary N) is 1. The molecule has 1 aliphatic carbocycles. The Hall–Kier alpha value is -1.59. The summed E-state index contributed by atoms with van der Waals surface area (Å²) in [5.74, 6) is -2.16. The van der Waals surface area contributed by atoms with E-state index in [-0.39, 0.29) is 19.1 Å². The Morgan fingerprint density at radius 1 is 1.05 bits per heavy atom. The van der Waals surface area contributed by atoms with E-state index in [1.165, 1.54) is 6.92 Å². The zero-order valence-corrected chi connectivity index (χ0v) is 12.4. The second-order valence-electron chi connectivity index (χ2n) is 4.91. The molecule has 20 heavy (non-hydrogen) atoms. The van der Waals surface area contributed by atoms with Gasteiger partial charge in [-0.2, -0.15) is 0 Å². The van der Waals surface area contributed by atoms with Gasteiger partial charge in [0, 0.05) is 12.8 Å². The maximum absolute atomic E-state index is 12.4. The number of carbonyl (C=O) groups excluding carboxylic acids is 3. The van der Waals surface area contributed by atoms with Gasteiger partial charge < -0.3 is 14.8 Å². The van der Waals surface area contributed by atoms with Crippen LogP contribution in [0.25, 0.3) is 0 Å². The zero-order chi connectivity index (χ0) is 15.2. The first-order valence-corrected chi connectivity index (χ1v) is 7.12. The summed E-state index contributed by atoms with van der Waals surface area (Å²) in [6, 6.07) is 0. The molecule has 0 aromatic carbocycles. The molecule has 1 saturated carbocycles. The van der Waals surface area contributed by atoms with Crippen LogP contribution in [-0.2, 0) is 23.9 Å². The second-order valence-corrected chi connectivity index (χ2v) is 4.91. The summed E-state index contributed by atoms with van der Waals surface area (Å²) in [6.07, 6.45) is 3.23. The molecule has 0 aromatic heterocycles. The van der Waals surface area contributed by atoms with Crippen LogP contribution in [0.3, 0.4) is 0 Å². The van der Waals surface area contributed by atoms with Crippen molar-refractivity contribution in [2.24, 2.45) is 5.92 Å². The van der Waals surface area contributed by atoms with Crippen molar-refractivity contribution in [1.82, 2.24) is 5.32 Å². The van der Waals surface area contributed by atoms with E-state index >= 15 is 0 Å². The maximum atomic E-state index is 12.4. The van der Waals surface area contributed by atoms with Gasteiger partial charge in [-0.05, 0) is 26.7 Å². The summed E-state index contributed by atoms with van der Waals surface area (Å²) >= 11 is 0. The molecule has 114 valence electrons. The third-order valence-corrected chi connectivity index (χ3v) is 3.54. The maximum Gasteiger partial charge on any atom is 0.343 e. The summed E-state index contributed by atoms with van der Waals surface area (Å²) in [5, 5.41) is 2.52. The van der Waals surface area contributed by atoms with Gasteiger partial charge in [-0.3, -0.25) is 4.79 Å². The van der Waals surface area contributed by atoms with Crippen LogP contribution in [0.15, 0.2) is 0 Å². The summed E-state index contributed by atoms with van der Waals surface area (Å²) in [4.78, 5) is 36.2. The first kappa shape index (κ1) is 16.5. The van der Waals surface area contributed by atoms with E-state index in [2.05, 4.69) is 5.32 Å². The standard InChI is InChI=1S/C14H23NO5/c1-4-19-12(17)14(15-10(3)16,13(18)20-5-2)11-8-6-7-9-11/h11H,4-9H2,1-3H3,(H,15,16). The Labute approximate surface area is 119 Å². The predicted molar refractivity (Wildman–Crippen MR) is 71.8 cm³/mol. The van der Waals surface area contributed by atoms with Crippen LogP contribution in [0.5, 0.6) is 0 Å². The van der Waals surface area contributed by atoms with Gasteiger partial charge in [0.15, 0.2) is 0 Å². The first-order valence-electron chi connectivity index (χ1n) is 7.12.